The van der Waals surface area contributed by atoms with Gasteiger partial charge in [-0.15, -0.1) is 5.10 Å². The van der Waals surface area contributed by atoms with Crippen molar-refractivity contribution < 1.29 is 9.53 Å². The van der Waals surface area contributed by atoms with Crippen molar-refractivity contribution in [3.8, 4) is 0 Å². The first-order valence-electron chi connectivity index (χ1n) is 9.16. The predicted molar refractivity (Wildman–Crippen MR) is 99.1 cm³/mol. The Bertz CT molecular complexity index is 850. The number of fused-ring (bicyclic) bond motifs is 1. The number of nitrogens with zero attached hydrogens (tertiary/aromatic N) is 4. The minimum atomic E-state index is -0.422. The van der Waals surface area contributed by atoms with E-state index in [1.54, 1.807) is 0 Å². The zero-order valence-electron chi connectivity index (χ0n) is 14.8. The van der Waals surface area contributed by atoms with Crippen molar-refractivity contribution in [1.29, 1.82) is 0 Å². The average molecular weight is 377 g/mol. The van der Waals surface area contributed by atoms with Crippen LogP contribution in [0.5, 0.6) is 0 Å². The van der Waals surface area contributed by atoms with Crippen LogP contribution in [0, 0.1) is 5.92 Å². The topological polar surface area (TPSA) is 88.8 Å². The fourth-order valence-electron chi connectivity index (χ4n) is 3.40. The lowest BCUT2D eigenvalue weighted by molar-refractivity contribution is 0.0851. The minimum absolute atomic E-state index is 0.0503. The van der Waals surface area contributed by atoms with E-state index >= 15 is 0 Å². The van der Waals surface area contributed by atoms with Gasteiger partial charge in [-0.05, 0) is 31.6 Å². The van der Waals surface area contributed by atoms with Crippen LogP contribution in [0.3, 0.4) is 0 Å². The summed E-state index contributed by atoms with van der Waals surface area (Å²) in [5.74, 6) is 0.401. The van der Waals surface area contributed by atoms with E-state index < -0.39 is 5.56 Å². The molecule has 2 aromatic rings. The highest BCUT2D eigenvalue weighted by atomic mass is 32.1. The number of rotatable bonds is 4. The fraction of sp³-hybridized carbons (Fsp3) is 0.647. The summed E-state index contributed by atoms with van der Waals surface area (Å²) in [5.41, 5.74) is -0.194. The molecule has 0 bridgehead atoms. The SMILES string of the molecule is CC1CCN(c2nn3c(C(=O)NC[C@H]4CCCO4)cc(=O)nc3s2)CC1. The first-order valence-corrected chi connectivity index (χ1v) is 9.97. The van der Waals surface area contributed by atoms with E-state index in [1.165, 1.54) is 21.9 Å². The third-order valence-electron chi connectivity index (χ3n) is 5.04. The van der Waals surface area contributed by atoms with E-state index in [0.717, 1.165) is 56.4 Å². The summed E-state index contributed by atoms with van der Waals surface area (Å²) in [4.78, 5) is 31.2. The number of anilines is 1. The molecule has 8 nitrogen and oxygen atoms in total. The maximum Gasteiger partial charge on any atom is 0.274 e. The van der Waals surface area contributed by atoms with E-state index in [2.05, 4.69) is 27.2 Å². The van der Waals surface area contributed by atoms with Crippen LogP contribution >= 0.6 is 11.3 Å². The maximum absolute atomic E-state index is 12.6. The molecule has 1 atom stereocenters. The van der Waals surface area contributed by atoms with Gasteiger partial charge in [0.25, 0.3) is 11.5 Å². The van der Waals surface area contributed by atoms with Gasteiger partial charge in [0.1, 0.15) is 5.69 Å². The molecule has 26 heavy (non-hydrogen) atoms. The number of nitrogens with one attached hydrogen (secondary N) is 1. The van der Waals surface area contributed by atoms with Crippen molar-refractivity contribution in [3.63, 3.8) is 0 Å². The maximum atomic E-state index is 12.6. The van der Waals surface area contributed by atoms with Crippen LogP contribution in [0.25, 0.3) is 4.96 Å². The molecule has 0 saturated carbocycles. The quantitative estimate of drug-likeness (QED) is 0.864. The molecular formula is C17H23N5O3S. The van der Waals surface area contributed by atoms with Gasteiger partial charge in [-0.3, -0.25) is 9.59 Å². The van der Waals surface area contributed by atoms with Gasteiger partial charge in [-0.25, -0.2) is 0 Å². The standard InChI is InChI=1S/C17H23N5O3S/c1-11-4-6-21(7-5-11)17-20-22-13(9-14(23)19-16(22)26-17)15(24)18-10-12-3-2-8-25-12/h9,11-12H,2-8,10H2,1H3,(H,18,24)/t12-/m1/s1. The summed E-state index contributed by atoms with van der Waals surface area (Å²) in [6, 6.07) is 1.25. The monoisotopic (exact) mass is 377 g/mol. The molecule has 2 aliphatic rings. The minimum Gasteiger partial charge on any atom is -0.376 e. The Morgan fingerprint density at radius 2 is 2.19 bits per heavy atom. The van der Waals surface area contributed by atoms with E-state index in [9.17, 15) is 9.59 Å². The molecule has 0 radical (unpaired) electrons. The summed E-state index contributed by atoms with van der Waals surface area (Å²) in [7, 11) is 0. The second-order valence-electron chi connectivity index (χ2n) is 7.07. The van der Waals surface area contributed by atoms with Gasteiger partial charge in [0.15, 0.2) is 0 Å². The summed E-state index contributed by atoms with van der Waals surface area (Å²) in [6.07, 6.45) is 4.25. The molecule has 2 fully saturated rings. The molecule has 0 aliphatic carbocycles. The van der Waals surface area contributed by atoms with Crippen LogP contribution in [0.4, 0.5) is 5.13 Å². The summed E-state index contributed by atoms with van der Waals surface area (Å²) in [6.45, 7) is 5.31. The molecule has 2 saturated heterocycles. The highest BCUT2D eigenvalue weighted by molar-refractivity contribution is 7.20. The van der Waals surface area contributed by atoms with Crippen LogP contribution in [-0.2, 0) is 4.74 Å². The predicted octanol–water partition coefficient (Wildman–Crippen LogP) is 1.30. The molecule has 1 amide bonds. The third kappa shape index (κ3) is 3.59. The van der Waals surface area contributed by atoms with Crippen LogP contribution in [-0.4, -0.2) is 52.9 Å². The van der Waals surface area contributed by atoms with Gasteiger partial charge in [0.2, 0.25) is 10.1 Å². The van der Waals surface area contributed by atoms with Crippen LogP contribution in [0.15, 0.2) is 10.9 Å². The van der Waals surface area contributed by atoms with Crippen LogP contribution in [0.1, 0.15) is 43.1 Å². The third-order valence-corrected chi connectivity index (χ3v) is 6.01. The normalized spacial score (nSPS) is 21.4. The van der Waals surface area contributed by atoms with Gasteiger partial charge in [-0.1, -0.05) is 18.3 Å². The van der Waals surface area contributed by atoms with E-state index in [0.29, 0.717) is 11.5 Å². The van der Waals surface area contributed by atoms with Crippen molar-refractivity contribution in [1.82, 2.24) is 19.9 Å². The fourth-order valence-corrected chi connectivity index (χ4v) is 4.36. The molecule has 0 aromatic carbocycles. The Labute approximate surface area is 155 Å². The second-order valence-corrected chi connectivity index (χ2v) is 8.01. The van der Waals surface area contributed by atoms with E-state index in [4.69, 9.17) is 4.74 Å². The Morgan fingerprint density at radius 3 is 2.92 bits per heavy atom. The largest absolute Gasteiger partial charge is 0.376 e. The molecule has 9 heteroatoms. The first-order chi connectivity index (χ1) is 12.6. The Hall–Kier alpha value is -2.00. The zero-order chi connectivity index (χ0) is 18.1. The summed E-state index contributed by atoms with van der Waals surface area (Å²) >= 11 is 1.36. The van der Waals surface area contributed by atoms with Crippen molar-refractivity contribution in [3.05, 3.63) is 22.1 Å². The van der Waals surface area contributed by atoms with Crippen molar-refractivity contribution in [2.75, 3.05) is 31.1 Å². The lowest BCUT2D eigenvalue weighted by Crippen LogP contribution is -2.34. The lowest BCUT2D eigenvalue weighted by atomic mass is 10.00. The molecule has 0 spiro atoms. The smallest absolute Gasteiger partial charge is 0.274 e. The number of amides is 1. The summed E-state index contributed by atoms with van der Waals surface area (Å²) < 4.78 is 7.02. The number of carbonyl (C=O) groups is 1. The van der Waals surface area contributed by atoms with Gasteiger partial charge >= 0.3 is 0 Å². The number of piperidine rings is 1. The van der Waals surface area contributed by atoms with Gasteiger partial charge < -0.3 is 15.0 Å². The molecular weight excluding hydrogens is 354 g/mol. The van der Waals surface area contributed by atoms with Crippen molar-refractivity contribution in [2.45, 2.75) is 38.7 Å². The molecule has 4 rings (SSSR count). The Balaban J connectivity index is 1.57. The molecule has 2 aromatic heterocycles. The van der Waals surface area contributed by atoms with Gasteiger partial charge in [0.05, 0.1) is 6.10 Å². The van der Waals surface area contributed by atoms with E-state index in [1.807, 2.05) is 0 Å². The molecule has 1 N–H and O–H groups in total. The molecule has 0 unspecified atom stereocenters. The first kappa shape index (κ1) is 17.4. The molecule has 4 heterocycles. The number of ether oxygens (including phenoxy) is 1. The summed E-state index contributed by atoms with van der Waals surface area (Å²) in [5, 5.41) is 8.23. The second kappa shape index (κ2) is 7.32. The van der Waals surface area contributed by atoms with E-state index in [-0.39, 0.29) is 17.7 Å². The molecule has 140 valence electrons. The zero-order valence-corrected chi connectivity index (χ0v) is 15.6. The van der Waals surface area contributed by atoms with Gasteiger partial charge in [0, 0.05) is 32.3 Å². The van der Waals surface area contributed by atoms with Crippen LogP contribution < -0.4 is 15.8 Å². The number of hydrogen-bond donors (Lipinski definition) is 1. The number of aromatic nitrogens is 3. The Kier molecular flexibility index (Phi) is 4.90. The van der Waals surface area contributed by atoms with Crippen molar-refractivity contribution >= 4 is 27.3 Å². The number of carbonyl (C=O) groups excluding carboxylic acids is 1. The highest BCUT2D eigenvalue weighted by Gasteiger charge is 2.23. The Morgan fingerprint density at radius 1 is 1.38 bits per heavy atom. The van der Waals surface area contributed by atoms with Crippen LogP contribution in [0.2, 0.25) is 0 Å². The average Bonchev–Trinajstić information content (AvgIpc) is 3.29. The van der Waals surface area contributed by atoms with Gasteiger partial charge in [-0.2, -0.15) is 9.50 Å². The molecule has 2 aliphatic heterocycles. The number of hydrogen-bond acceptors (Lipinski definition) is 7. The lowest BCUT2D eigenvalue weighted by Gasteiger charge is -2.29. The highest BCUT2D eigenvalue weighted by Crippen LogP contribution is 2.27. The van der Waals surface area contributed by atoms with Crippen molar-refractivity contribution in [2.24, 2.45) is 5.92 Å².